The summed E-state index contributed by atoms with van der Waals surface area (Å²) in [6, 6.07) is 13.6. The highest BCUT2D eigenvalue weighted by atomic mass is 16.6. The average Bonchev–Trinajstić information content (AvgIpc) is 2.98. The van der Waals surface area contributed by atoms with Crippen LogP contribution < -0.4 is 5.32 Å². The van der Waals surface area contributed by atoms with Crippen LogP contribution >= 0.6 is 0 Å². The molecule has 2 heterocycles. The van der Waals surface area contributed by atoms with Crippen LogP contribution in [0.25, 0.3) is 11.0 Å². The van der Waals surface area contributed by atoms with E-state index in [2.05, 4.69) is 10.3 Å². The summed E-state index contributed by atoms with van der Waals surface area (Å²) in [6.45, 7) is 3.33. The Morgan fingerprint density at radius 3 is 2.73 bits per heavy atom. The van der Waals surface area contributed by atoms with Crippen molar-refractivity contribution in [1.29, 1.82) is 0 Å². The van der Waals surface area contributed by atoms with Gasteiger partial charge in [0.2, 0.25) is 5.95 Å². The molecule has 7 nitrogen and oxygen atoms in total. The summed E-state index contributed by atoms with van der Waals surface area (Å²) >= 11 is 0. The molecule has 1 atom stereocenters. The van der Waals surface area contributed by atoms with E-state index in [1.54, 1.807) is 12.1 Å². The predicted molar refractivity (Wildman–Crippen MR) is 98.0 cm³/mol. The molecule has 7 heteroatoms. The lowest BCUT2D eigenvalue weighted by molar-refractivity contribution is -0.384. The number of non-ortho nitro benzene ring substituents is 1. The molecule has 1 aliphatic rings. The molecule has 26 heavy (non-hydrogen) atoms. The van der Waals surface area contributed by atoms with Gasteiger partial charge in [-0.1, -0.05) is 24.3 Å². The number of nitrogens with one attached hydrogen (secondary N) is 1. The van der Waals surface area contributed by atoms with Gasteiger partial charge in [-0.3, -0.25) is 19.5 Å². The molecule has 0 saturated carbocycles. The molecular formula is C19H16N4O3. The SMILES string of the molecule is CC(=O)C1=C(C)Nc2nc3ccccc3n2[C@H]1c1cccc([N+](=O)[O-])c1. The number of aromatic nitrogens is 2. The Kier molecular flexibility index (Phi) is 3.57. The van der Waals surface area contributed by atoms with Gasteiger partial charge in [-0.15, -0.1) is 0 Å². The quantitative estimate of drug-likeness (QED) is 0.574. The van der Waals surface area contributed by atoms with Crippen LogP contribution in [0.3, 0.4) is 0 Å². The third-order valence-corrected chi connectivity index (χ3v) is 4.61. The number of Topliss-reactive ketones (excluding diaryl/α,β-unsaturated/α-hetero) is 1. The van der Waals surface area contributed by atoms with Gasteiger partial charge >= 0.3 is 0 Å². The molecule has 1 aliphatic heterocycles. The molecule has 130 valence electrons. The fourth-order valence-electron chi connectivity index (χ4n) is 3.54. The van der Waals surface area contributed by atoms with Crippen LogP contribution in [0.4, 0.5) is 11.6 Å². The largest absolute Gasteiger partial charge is 0.329 e. The third-order valence-electron chi connectivity index (χ3n) is 4.61. The maximum absolute atomic E-state index is 12.4. The summed E-state index contributed by atoms with van der Waals surface area (Å²) in [5, 5.41) is 14.4. The molecule has 0 aliphatic carbocycles. The number of nitro groups is 1. The van der Waals surface area contributed by atoms with Crippen LogP contribution in [0.5, 0.6) is 0 Å². The van der Waals surface area contributed by atoms with Gasteiger partial charge in [-0.05, 0) is 31.5 Å². The average molecular weight is 348 g/mol. The fraction of sp³-hybridized carbons (Fsp3) is 0.158. The van der Waals surface area contributed by atoms with Crippen molar-refractivity contribution in [3.05, 3.63) is 75.5 Å². The smallest absolute Gasteiger partial charge is 0.269 e. The number of hydrogen-bond donors (Lipinski definition) is 1. The molecule has 1 aromatic heterocycles. The van der Waals surface area contributed by atoms with Crippen LogP contribution in [0, 0.1) is 10.1 Å². The molecule has 3 aromatic rings. The molecule has 0 spiro atoms. The summed E-state index contributed by atoms with van der Waals surface area (Å²) in [6.07, 6.45) is 0. The van der Waals surface area contributed by atoms with Gasteiger partial charge in [0.15, 0.2) is 5.78 Å². The minimum atomic E-state index is -0.476. The van der Waals surface area contributed by atoms with Crippen LogP contribution in [0.1, 0.15) is 25.5 Å². The highest BCUT2D eigenvalue weighted by Crippen LogP contribution is 2.39. The van der Waals surface area contributed by atoms with E-state index in [0.29, 0.717) is 22.8 Å². The molecule has 0 unspecified atom stereocenters. The number of nitro benzene ring substituents is 1. The maximum atomic E-state index is 12.4. The van der Waals surface area contributed by atoms with Gasteiger partial charge in [0.05, 0.1) is 22.0 Å². The van der Waals surface area contributed by atoms with Crippen molar-refractivity contribution in [1.82, 2.24) is 9.55 Å². The maximum Gasteiger partial charge on any atom is 0.269 e. The molecule has 2 aromatic carbocycles. The number of allylic oxidation sites excluding steroid dienone is 2. The van der Waals surface area contributed by atoms with Crippen LogP contribution in [0.2, 0.25) is 0 Å². The summed E-state index contributed by atoms with van der Waals surface area (Å²) < 4.78 is 1.93. The zero-order chi connectivity index (χ0) is 18.4. The van der Waals surface area contributed by atoms with Crippen molar-refractivity contribution >= 4 is 28.5 Å². The predicted octanol–water partition coefficient (Wildman–Crippen LogP) is 3.82. The lowest BCUT2D eigenvalue weighted by Crippen LogP contribution is -2.27. The van der Waals surface area contributed by atoms with E-state index in [-0.39, 0.29) is 11.5 Å². The zero-order valence-corrected chi connectivity index (χ0v) is 14.3. The first-order valence-electron chi connectivity index (χ1n) is 8.17. The number of anilines is 1. The number of carbonyl (C=O) groups is 1. The van der Waals surface area contributed by atoms with E-state index in [0.717, 1.165) is 11.0 Å². The molecular weight excluding hydrogens is 332 g/mol. The fourth-order valence-corrected chi connectivity index (χ4v) is 3.54. The van der Waals surface area contributed by atoms with E-state index in [1.165, 1.54) is 19.1 Å². The second-order valence-corrected chi connectivity index (χ2v) is 6.27. The van der Waals surface area contributed by atoms with E-state index in [4.69, 9.17) is 0 Å². The van der Waals surface area contributed by atoms with Crippen molar-refractivity contribution in [3.63, 3.8) is 0 Å². The molecule has 0 fully saturated rings. The number of hydrogen-bond acceptors (Lipinski definition) is 5. The monoisotopic (exact) mass is 348 g/mol. The molecule has 4 rings (SSSR count). The molecule has 0 radical (unpaired) electrons. The van der Waals surface area contributed by atoms with Crippen LogP contribution in [-0.2, 0) is 4.79 Å². The Morgan fingerprint density at radius 1 is 1.23 bits per heavy atom. The normalized spacial score (nSPS) is 16.3. The number of para-hydroxylation sites is 2. The molecule has 0 saturated heterocycles. The van der Waals surface area contributed by atoms with Gasteiger partial charge in [0.25, 0.3) is 5.69 Å². The Hall–Kier alpha value is -3.48. The minimum absolute atomic E-state index is 0.00689. The van der Waals surface area contributed by atoms with Crippen molar-refractivity contribution < 1.29 is 9.72 Å². The number of nitrogens with zero attached hydrogens (tertiary/aromatic N) is 3. The Bertz CT molecular complexity index is 1100. The second-order valence-electron chi connectivity index (χ2n) is 6.27. The summed E-state index contributed by atoms with van der Waals surface area (Å²) in [5.41, 5.74) is 3.60. The number of carbonyl (C=O) groups excluding carboxylic acids is 1. The van der Waals surface area contributed by atoms with E-state index < -0.39 is 11.0 Å². The van der Waals surface area contributed by atoms with Gasteiger partial charge in [0.1, 0.15) is 0 Å². The first kappa shape index (κ1) is 16.0. The minimum Gasteiger partial charge on any atom is -0.329 e. The van der Waals surface area contributed by atoms with Gasteiger partial charge in [-0.2, -0.15) is 0 Å². The Morgan fingerprint density at radius 2 is 2.00 bits per heavy atom. The summed E-state index contributed by atoms with van der Waals surface area (Å²) in [7, 11) is 0. The lowest BCUT2D eigenvalue weighted by Gasteiger charge is -2.30. The van der Waals surface area contributed by atoms with Crippen molar-refractivity contribution in [2.45, 2.75) is 19.9 Å². The van der Waals surface area contributed by atoms with E-state index in [1.807, 2.05) is 35.8 Å². The Balaban J connectivity index is 2.02. The topological polar surface area (TPSA) is 90.1 Å². The highest BCUT2D eigenvalue weighted by Gasteiger charge is 2.33. The van der Waals surface area contributed by atoms with E-state index >= 15 is 0 Å². The second kappa shape index (κ2) is 5.80. The number of ketones is 1. The van der Waals surface area contributed by atoms with E-state index in [9.17, 15) is 14.9 Å². The zero-order valence-electron chi connectivity index (χ0n) is 14.3. The third kappa shape index (κ3) is 2.36. The molecule has 0 amide bonds. The first-order valence-corrected chi connectivity index (χ1v) is 8.17. The molecule has 1 N–H and O–H groups in total. The standard InChI is InChI=1S/C19H16N4O3/c1-11-17(12(2)24)18(13-6-5-7-14(10-13)23(25)26)22-16-9-4-3-8-15(16)21-19(22)20-11/h3-10,18H,1-2H3,(H,20,21)/t18-/m0/s1. The van der Waals surface area contributed by atoms with Crippen molar-refractivity contribution in [2.24, 2.45) is 0 Å². The summed E-state index contributed by atoms with van der Waals surface area (Å²) in [4.78, 5) is 27.8. The number of rotatable bonds is 3. The summed E-state index contributed by atoms with van der Waals surface area (Å²) in [5.74, 6) is 0.528. The Labute approximate surface area is 149 Å². The lowest BCUT2D eigenvalue weighted by atomic mass is 9.92. The van der Waals surface area contributed by atoms with Crippen molar-refractivity contribution in [2.75, 3.05) is 5.32 Å². The van der Waals surface area contributed by atoms with Crippen LogP contribution in [-0.4, -0.2) is 20.3 Å². The van der Waals surface area contributed by atoms with Gasteiger partial charge < -0.3 is 5.32 Å². The van der Waals surface area contributed by atoms with Gasteiger partial charge in [0, 0.05) is 23.4 Å². The number of imidazole rings is 1. The number of benzene rings is 2. The highest BCUT2D eigenvalue weighted by molar-refractivity contribution is 5.97. The molecule has 0 bridgehead atoms. The van der Waals surface area contributed by atoms with Crippen molar-refractivity contribution in [3.8, 4) is 0 Å². The van der Waals surface area contributed by atoms with Gasteiger partial charge in [-0.25, -0.2) is 4.98 Å². The number of fused-ring (bicyclic) bond motifs is 3. The first-order chi connectivity index (χ1) is 12.5. The van der Waals surface area contributed by atoms with Crippen LogP contribution in [0.15, 0.2) is 59.8 Å².